The molecular weight excluding hydrogens is 436 g/mol. The van der Waals surface area contributed by atoms with Gasteiger partial charge in [0.15, 0.2) is 0 Å². The number of amides is 1. The molecule has 1 atom stereocenters. The number of methoxy groups -OCH3 is 1. The second kappa shape index (κ2) is 9.85. The fraction of sp³-hybridized carbons (Fsp3) is 0.391. The summed E-state index contributed by atoms with van der Waals surface area (Å²) in [5.74, 6) is -1.21. The maximum atomic E-state index is 13.1. The topological polar surface area (TPSA) is 70.1 Å². The molecular formula is C23H27ClN2O4S. The van der Waals surface area contributed by atoms with Crippen LogP contribution in [0.15, 0.2) is 35.2 Å². The first-order valence-electron chi connectivity index (χ1n) is 10.2. The Morgan fingerprint density at radius 1 is 1.26 bits per heavy atom. The molecule has 8 heteroatoms. The van der Waals surface area contributed by atoms with Crippen molar-refractivity contribution in [3.05, 3.63) is 56.2 Å². The Hall–Kier alpha value is -2.35. The Kier molecular flexibility index (Phi) is 7.41. The number of halogens is 1. The van der Waals surface area contributed by atoms with Gasteiger partial charge in [-0.05, 0) is 55.2 Å². The zero-order valence-electron chi connectivity index (χ0n) is 18.1. The van der Waals surface area contributed by atoms with E-state index in [9.17, 15) is 14.7 Å². The summed E-state index contributed by atoms with van der Waals surface area (Å²) in [6.07, 6.45) is 0. The fourth-order valence-corrected chi connectivity index (χ4v) is 5.07. The zero-order valence-corrected chi connectivity index (χ0v) is 19.7. The number of thiophene rings is 1. The number of benzene rings is 1. The van der Waals surface area contributed by atoms with Crippen LogP contribution in [0.4, 0.5) is 0 Å². The van der Waals surface area contributed by atoms with E-state index in [4.69, 9.17) is 16.3 Å². The normalized spacial score (nSPS) is 18.3. The van der Waals surface area contributed by atoms with Gasteiger partial charge < -0.3 is 19.6 Å². The summed E-state index contributed by atoms with van der Waals surface area (Å²) in [6.45, 7) is 8.79. The van der Waals surface area contributed by atoms with Gasteiger partial charge in [0, 0.05) is 23.0 Å². The Labute approximate surface area is 191 Å². The van der Waals surface area contributed by atoms with E-state index in [1.807, 2.05) is 18.4 Å². The summed E-state index contributed by atoms with van der Waals surface area (Å²) in [5.41, 5.74) is 1.32. The number of ketones is 1. The van der Waals surface area contributed by atoms with E-state index in [0.717, 1.165) is 23.5 Å². The Balaban J connectivity index is 2.15. The molecule has 0 saturated carbocycles. The van der Waals surface area contributed by atoms with E-state index in [0.29, 0.717) is 23.9 Å². The molecule has 0 spiro atoms. The van der Waals surface area contributed by atoms with Crippen LogP contribution in [-0.4, -0.2) is 59.9 Å². The van der Waals surface area contributed by atoms with Crippen LogP contribution in [0, 0.1) is 6.92 Å². The molecule has 1 aromatic heterocycles. The van der Waals surface area contributed by atoms with Crippen molar-refractivity contribution in [3.63, 3.8) is 0 Å². The number of aliphatic hydroxyl groups excluding tert-OH is 1. The van der Waals surface area contributed by atoms with Gasteiger partial charge in [0.1, 0.15) is 11.5 Å². The van der Waals surface area contributed by atoms with Crippen LogP contribution in [0.3, 0.4) is 0 Å². The molecule has 6 nitrogen and oxygen atoms in total. The predicted octanol–water partition coefficient (Wildman–Crippen LogP) is 4.48. The Morgan fingerprint density at radius 3 is 2.55 bits per heavy atom. The van der Waals surface area contributed by atoms with Crippen molar-refractivity contribution < 1.29 is 19.4 Å². The highest BCUT2D eigenvalue weighted by Gasteiger charge is 2.47. The maximum Gasteiger partial charge on any atom is 0.295 e. The molecule has 31 heavy (non-hydrogen) atoms. The predicted molar refractivity (Wildman–Crippen MR) is 124 cm³/mol. The van der Waals surface area contributed by atoms with Gasteiger partial charge in [0.2, 0.25) is 0 Å². The summed E-state index contributed by atoms with van der Waals surface area (Å²) in [7, 11) is 1.48. The van der Waals surface area contributed by atoms with Crippen LogP contribution in [0.5, 0.6) is 5.75 Å². The number of Topliss-reactive ketones (excluding diaryl/α,β-unsaturated/α-hetero) is 1. The molecule has 0 aliphatic carbocycles. The van der Waals surface area contributed by atoms with E-state index in [-0.39, 0.29) is 16.9 Å². The van der Waals surface area contributed by atoms with Crippen LogP contribution in [0.1, 0.15) is 35.9 Å². The monoisotopic (exact) mass is 462 g/mol. The van der Waals surface area contributed by atoms with Crippen LogP contribution in [0.2, 0.25) is 5.02 Å². The number of likely N-dealkylation sites (N-methyl/N-ethyl adjacent to an activating group) is 1. The lowest BCUT2D eigenvalue weighted by Gasteiger charge is -2.28. The summed E-state index contributed by atoms with van der Waals surface area (Å²) in [6, 6.07) is 6.10. The first kappa shape index (κ1) is 23.3. The lowest BCUT2D eigenvalue weighted by Crippen LogP contribution is -2.37. The lowest BCUT2D eigenvalue weighted by molar-refractivity contribution is -0.140. The first-order chi connectivity index (χ1) is 14.8. The second-order valence-corrected chi connectivity index (χ2v) is 8.72. The third-order valence-corrected chi connectivity index (χ3v) is 6.96. The van der Waals surface area contributed by atoms with Gasteiger partial charge in [-0.1, -0.05) is 25.4 Å². The van der Waals surface area contributed by atoms with Gasteiger partial charge in [-0.15, -0.1) is 11.3 Å². The summed E-state index contributed by atoms with van der Waals surface area (Å²) in [4.78, 5) is 30.8. The number of carbonyl (C=O) groups is 2. The Bertz CT molecular complexity index is 1010. The molecule has 1 amide bonds. The number of ether oxygens (including phenoxy) is 1. The average Bonchev–Trinajstić information content (AvgIpc) is 3.29. The number of hydrogen-bond donors (Lipinski definition) is 1. The smallest absolute Gasteiger partial charge is 0.295 e. The minimum absolute atomic E-state index is 0.0654. The number of aryl methyl sites for hydroxylation is 1. The number of likely N-dealkylation sites (tertiary alicyclic amines) is 1. The van der Waals surface area contributed by atoms with E-state index >= 15 is 0 Å². The highest BCUT2D eigenvalue weighted by Crippen LogP contribution is 2.43. The number of rotatable bonds is 8. The molecule has 0 radical (unpaired) electrons. The van der Waals surface area contributed by atoms with Crippen molar-refractivity contribution in [2.75, 3.05) is 33.3 Å². The molecule has 2 aromatic rings. The molecule has 0 bridgehead atoms. The molecule has 1 aromatic carbocycles. The minimum Gasteiger partial charge on any atom is -0.507 e. The van der Waals surface area contributed by atoms with Crippen LogP contribution >= 0.6 is 22.9 Å². The van der Waals surface area contributed by atoms with Gasteiger partial charge in [0.05, 0.1) is 24.3 Å². The molecule has 1 N–H and O–H groups in total. The van der Waals surface area contributed by atoms with Gasteiger partial charge in [-0.25, -0.2) is 0 Å². The fourth-order valence-electron chi connectivity index (χ4n) is 3.85. The second-order valence-electron chi connectivity index (χ2n) is 7.33. The van der Waals surface area contributed by atoms with Gasteiger partial charge in [0.25, 0.3) is 11.7 Å². The first-order valence-corrected chi connectivity index (χ1v) is 11.5. The van der Waals surface area contributed by atoms with Gasteiger partial charge in [-0.2, -0.15) is 0 Å². The van der Waals surface area contributed by atoms with E-state index in [2.05, 4.69) is 18.7 Å². The molecule has 3 rings (SSSR count). The summed E-state index contributed by atoms with van der Waals surface area (Å²) < 4.78 is 5.36. The molecule has 166 valence electrons. The highest BCUT2D eigenvalue weighted by molar-refractivity contribution is 7.10. The molecule has 1 fully saturated rings. The minimum atomic E-state index is -0.697. The van der Waals surface area contributed by atoms with Crippen molar-refractivity contribution in [1.82, 2.24) is 9.80 Å². The summed E-state index contributed by atoms with van der Waals surface area (Å²) >= 11 is 7.61. The third-order valence-electron chi connectivity index (χ3n) is 5.66. The summed E-state index contributed by atoms with van der Waals surface area (Å²) in [5, 5.41) is 13.5. The third kappa shape index (κ3) is 4.49. The molecule has 2 heterocycles. The van der Waals surface area contributed by atoms with Crippen molar-refractivity contribution in [3.8, 4) is 5.75 Å². The largest absolute Gasteiger partial charge is 0.507 e. The van der Waals surface area contributed by atoms with Crippen LogP contribution in [0.25, 0.3) is 5.76 Å². The number of carbonyl (C=O) groups excluding carboxylic acids is 2. The van der Waals surface area contributed by atoms with Crippen molar-refractivity contribution in [1.29, 1.82) is 0 Å². The van der Waals surface area contributed by atoms with E-state index in [1.165, 1.54) is 24.5 Å². The molecule has 1 saturated heterocycles. The van der Waals surface area contributed by atoms with Crippen molar-refractivity contribution in [2.45, 2.75) is 26.8 Å². The molecule has 1 aliphatic heterocycles. The Morgan fingerprint density at radius 2 is 1.97 bits per heavy atom. The average molecular weight is 463 g/mol. The quantitative estimate of drug-likeness (QED) is 0.356. The van der Waals surface area contributed by atoms with Gasteiger partial charge >= 0.3 is 0 Å². The van der Waals surface area contributed by atoms with Crippen LogP contribution in [-0.2, 0) is 9.59 Å². The number of aliphatic hydroxyl groups is 1. The highest BCUT2D eigenvalue weighted by atomic mass is 35.5. The van der Waals surface area contributed by atoms with E-state index in [1.54, 1.807) is 17.0 Å². The lowest BCUT2D eigenvalue weighted by atomic mass is 9.98. The molecule has 1 aliphatic rings. The zero-order chi connectivity index (χ0) is 22.7. The van der Waals surface area contributed by atoms with Crippen molar-refractivity contribution in [2.24, 2.45) is 0 Å². The number of hydrogen-bond acceptors (Lipinski definition) is 6. The molecule has 1 unspecified atom stereocenters. The SMILES string of the molecule is CCN(CC)CCN1C(=O)C(=O)/C(=C(/O)c2cc(Cl)ccc2OC)C1c1sccc1C. The maximum absolute atomic E-state index is 13.1. The van der Waals surface area contributed by atoms with Crippen molar-refractivity contribution >= 4 is 40.4 Å². The van der Waals surface area contributed by atoms with E-state index < -0.39 is 17.7 Å². The van der Waals surface area contributed by atoms with Crippen LogP contribution < -0.4 is 4.74 Å². The van der Waals surface area contributed by atoms with Gasteiger partial charge in [-0.3, -0.25) is 9.59 Å². The number of nitrogens with zero attached hydrogens (tertiary/aromatic N) is 2. The standard InChI is InChI=1S/C23H27ClN2O4S/c1-5-25(6-2)10-11-26-19(22-14(3)9-12-31-22)18(21(28)23(26)29)20(27)16-13-15(24)7-8-17(16)30-4/h7-9,12-13,19,27H,5-6,10-11H2,1-4H3/b20-18+.